The van der Waals surface area contributed by atoms with Crippen LogP contribution in [0.25, 0.3) is 10.9 Å². The average Bonchev–Trinajstić information content (AvgIpc) is 2.34. The van der Waals surface area contributed by atoms with Gasteiger partial charge in [-0.1, -0.05) is 0 Å². The van der Waals surface area contributed by atoms with Crippen LogP contribution in [0.1, 0.15) is 23.0 Å². The normalized spacial score (nSPS) is 12.4. The molecule has 0 saturated heterocycles. The maximum absolute atomic E-state index is 11.0. The van der Waals surface area contributed by atoms with Crippen molar-refractivity contribution in [1.82, 2.24) is 4.98 Å². The molecule has 0 spiro atoms. The van der Waals surface area contributed by atoms with Gasteiger partial charge in [-0.3, -0.25) is 4.98 Å². The molecule has 1 heterocycles. The van der Waals surface area contributed by atoms with E-state index in [0.29, 0.717) is 12.1 Å². The lowest BCUT2D eigenvalue weighted by molar-refractivity contribution is 0.0697. The Bertz CT molecular complexity index is 623. The third-order valence-corrected chi connectivity index (χ3v) is 2.77. The molecule has 1 aromatic heterocycles. The molecule has 0 aliphatic rings. The number of pyridine rings is 1. The SMILES string of the molecule is Cc1cc(NC[C@H](C)O)c2ccc(C(=O)O)cc2n1. The first-order valence-corrected chi connectivity index (χ1v) is 6.04. The van der Waals surface area contributed by atoms with Crippen LogP contribution >= 0.6 is 0 Å². The Hall–Kier alpha value is -2.14. The molecule has 0 bridgehead atoms. The molecule has 1 atom stereocenters. The molecule has 0 aliphatic carbocycles. The van der Waals surface area contributed by atoms with Gasteiger partial charge in [0.2, 0.25) is 0 Å². The number of carboxylic acids is 1. The van der Waals surface area contributed by atoms with E-state index in [2.05, 4.69) is 10.3 Å². The van der Waals surface area contributed by atoms with Gasteiger partial charge in [0.1, 0.15) is 0 Å². The maximum Gasteiger partial charge on any atom is 0.335 e. The quantitative estimate of drug-likeness (QED) is 0.783. The number of aromatic carboxylic acids is 1. The van der Waals surface area contributed by atoms with Gasteiger partial charge in [0.25, 0.3) is 0 Å². The standard InChI is InChI=1S/C14H16N2O3/c1-8-5-12(15-7-9(2)17)11-4-3-10(14(18)19)6-13(11)16-8/h3-6,9,17H,7H2,1-2H3,(H,15,16)(H,18,19)/t9-/m0/s1. The van der Waals surface area contributed by atoms with Crippen LogP contribution in [0.4, 0.5) is 5.69 Å². The highest BCUT2D eigenvalue weighted by Gasteiger charge is 2.08. The molecule has 0 unspecified atom stereocenters. The molecule has 0 radical (unpaired) electrons. The lowest BCUT2D eigenvalue weighted by Crippen LogP contribution is -2.15. The summed E-state index contributed by atoms with van der Waals surface area (Å²) in [6, 6.07) is 6.72. The second-order valence-electron chi connectivity index (χ2n) is 4.58. The van der Waals surface area contributed by atoms with Crippen LogP contribution in [0.15, 0.2) is 24.3 Å². The minimum atomic E-state index is -0.969. The number of hydrogen-bond donors (Lipinski definition) is 3. The molecule has 1 aromatic carbocycles. The van der Waals surface area contributed by atoms with Crippen LogP contribution in [0.2, 0.25) is 0 Å². The lowest BCUT2D eigenvalue weighted by atomic mass is 10.1. The molecule has 2 rings (SSSR count). The first-order valence-electron chi connectivity index (χ1n) is 6.04. The number of aliphatic hydroxyl groups excluding tert-OH is 1. The van der Waals surface area contributed by atoms with E-state index < -0.39 is 12.1 Å². The van der Waals surface area contributed by atoms with Crippen molar-refractivity contribution in [1.29, 1.82) is 0 Å². The zero-order valence-corrected chi connectivity index (χ0v) is 10.8. The summed E-state index contributed by atoms with van der Waals surface area (Å²) < 4.78 is 0. The number of carboxylic acid groups (broad SMARTS) is 1. The number of rotatable bonds is 4. The molecule has 100 valence electrons. The Morgan fingerprint density at radius 1 is 1.42 bits per heavy atom. The highest BCUT2D eigenvalue weighted by molar-refractivity contribution is 5.97. The maximum atomic E-state index is 11.0. The van der Waals surface area contributed by atoms with Crippen molar-refractivity contribution in [2.45, 2.75) is 20.0 Å². The van der Waals surface area contributed by atoms with Gasteiger partial charge in [-0.25, -0.2) is 4.79 Å². The predicted molar refractivity (Wildman–Crippen MR) is 73.6 cm³/mol. The predicted octanol–water partition coefficient (Wildman–Crippen LogP) is 2.03. The van der Waals surface area contributed by atoms with Crippen LogP contribution in [-0.2, 0) is 0 Å². The number of nitrogens with zero attached hydrogens (tertiary/aromatic N) is 1. The van der Waals surface area contributed by atoms with Crippen molar-refractivity contribution in [3.8, 4) is 0 Å². The van der Waals surface area contributed by atoms with Crippen molar-refractivity contribution in [3.63, 3.8) is 0 Å². The van der Waals surface area contributed by atoms with Crippen LogP contribution in [0, 0.1) is 6.92 Å². The van der Waals surface area contributed by atoms with E-state index >= 15 is 0 Å². The van der Waals surface area contributed by atoms with Crippen LogP contribution in [0.3, 0.4) is 0 Å². The van der Waals surface area contributed by atoms with E-state index in [1.165, 1.54) is 0 Å². The topological polar surface area (TPSA) is 82.5 Å². The largest absolute Gasteiger partial charge is 0.478 e. The number of fused-ring (bicyclic) bond motifs is 1. The summed E-state index contributed by atoms with van der Waals surface area (Å²) in [5.74, 6) is -0.969. The van der Waals surface area contributed by atoms with Gasteiger partial charge < -0.3 is 15.5 Å². The molecule has 2 aromatic rings. The third-order valence-electron chi connectivity index (χ3n) is 2.77. The summed E-state index contributed by atoms with van der Waals surface area (Å²) in [5, 5.41) is 22.3. The Kier molecular flexibility index (Phi) is 3.66. The van der Waals surface area contributed by atoms with E-state index in [0.717, 1.165) is 16.8 Å². The first kappa shape index (κ1) is 13.3. The van der Waals surface area contributed by atoms with E-state index in [4.69, 9.17) is 5.11 Å². The minimum Gasteiger partial charge on any atom is -0.478 e. The van der Waals surface area contributed by atoms with Gasteiger partial charge in [0, 0.05) is 23.3 Å². The van der Waals surface area contributed by atoms with E-state index in [1.54, 1.807) is 25.1 Å². The van der Waals surface area contributed by atoms with Gasteiger partial charge in [-0.15, -0.1) is 0 Å². The molecule has 5 heteroatoms. The number of aromatic nitrogens is 1. The summed E-state index contributed by atoms with van der Waals surface area (Å²) in [6.07, 6.45) is -0.457. The minimum absolute atomic E-state index is 0.215. The van der Waals surface area contributed by atoms with E-state index in [9.17, 15) is 9.90 Å². The average molecular weight is 260 g/mol. The van der Waals surface area contributed by atoms with Gasteiger partial charge in [-0.2, -0.15) is 0 Å². The number of hydrogen-bond acceptors (Lipinski definition) is 4. The zero-order chi connectivity index (χ0) is 14.0. The molecule has 0 amide bonds. The molecule has 3 N–H and O–H groups in total. The Morgan fingerprint density at radius 2 is 2.16 bits per heavy atom. The third kappa shape index (κ3) is 3.00. The monoisotopic (exact) mass is 260 g/mol. The number of carbonyl (C=O) groups is 1. The van der Waals surface area contributed by atoms with Crippen molar-refractivity contribution in [2.75, 3.05) is 11.9 Å². The van der Waals surface area contributed by atoms with Crippen LogP contribution in [-0.4, -0.2) is 33.8 Å². The molecule has 5 nitrogen and oxygen atoms in total. The van der Waals surface area contributed by atoms with Gasteiger partial charge in [-0.05, 0) is 38.1 Å². The summed E-state index contributed by atoms with van der Waals surface area (Å²) >= 11 is 0. The summed E-state index contributed by atoms with van der Waals surface area (Å²) in [7, 11) is 0. The molecule has 19 heavy (non-hydrogen) atoms. The fraction of sp³-hybridized carbons (Fsp3) is 0.286. The highest BCUT2D eigenvalue weighted by atomic mass is 16.4. The fourth-order valence-corrected chi connectivity index (χ4v) is 1.90. The molecule has 0 fully saturated rings. The zero-order valence-electron chi connectivity index (χ0n) is 10.8. The second-order valence-corrected chi connectivity index (χ2v) is 4.58. The first-order chi connectivity index (χ1) is 8.97. The number of aryl methyl sites for hydroxylation is 1. The van der Waals surface area contributed by atoms with Crippen molar-refractivity contribution < 1.29 is 15.0 Å². The Morgan fingerprint density at radius 3 is 2.79 bits per heavy atom. The number of anilines is 1. The van der Waals surface area contributed by atoms with Crippen molar-refractivity contribution >= 4 is 22.6 Å². The van der Waals surface area contributed by atoms with E-state index in [1.807, 2.05) is 13.0 Å². The lowest BCUT2D eigenvalue weighted by Gasteiger charge is -2.12. The van der Waals surface area contributed by atoms with Crippen molar-refractivity contribution in [2.24, 2.45) is 0 Å². The van der Waals surface area contributed by atoms with E-state index in [-0.39, 0.29) is 5.56 Å². The molecular weight excluding hydrogens is 244 g/mol. The smallest absolute Gasteiger partial charge is 0.335 e. The van der Waals surface area contributed by atoms with Gasteiger partial charge in [0.05, 0.1) is 17.2 Å². The second kappa shape index (κ2) is 5.24. The summed E-state index contributed by atoms with van der Waals surface area (Å²) in [5.41, 5.74) is 2.49. The summed E-state index contributed by atoms with van der Waals surface area (Å²) in [6.45, 7) is 3.98. The number of benzene rings is 1. The molecule has 0 saturated carbocycles. The summed E-state index contributed by atoms with van der Waals surface area (Å²) in [4.78, 5) is 15.3. The molecular formula is C14H16N2O3. The fourth-order valence-electron chi connectivity index (χ4n) is 1.90. The van der Waals surface area contributed by atoms with Gasteiger partial charge in [0.15, 0.2) is 0 Å². The van der Waals surface area contributed by atoms with Crippen LogP contribution in [0.5, 0.6) is 0 Å². The number of nitrogens with one attached hydrogen (secondary N) is 1. The van der Waals surface area contributed by atoms with Crippen LogP contribution < -0.4 is 5.32 Å². The highest BCUT2D eigenvalue weighted by Crippen LogP contribution is 2.24. The van der Waals surface area contributed by atoms with Gasteiger partial charge >= 0.3 is 5.97 Å². The Balaban J connectivity index is 2.49. The number of aliphatic hydroxyl groups is 1. The van der Waals surface area contributed by atoms with Crippen molar-refractivity contribution in [3.05, 3.63) is 35.5 Å². The molecule has 0 aliphatic heterocycles. The Labute approximate surface area is 110 Å².